The van der Waals surface area contributed by atoms with E-state index < -0.39 is 0 Å². The molecule has 1 aliphatic heterocycles. The van der Waals surface area contributed by atoms with Crippen molar-refractivity contribution in [1.29, 1.82) is 0 Å². The number of likely N-dealkylation sites (N-methyl/N-ethyl adjacent to an activating group) is 1. The summed E-state index contributed by atoms with van der Waals surface area (Å²) in [7, 11) is 2.15. The SMILES string of the molecule is CN1CCCCC1COc1ccc(N)cc1Cl. The van der Waals surface area contributed by atoms with Gasteiger partial charge in [-0.2, -0.15) is 0 Å². The van der Waals surface area contributed by atoms with Gasteiger partial charge in [0.05, 0.1) is 5.02 Å². The van der Waals surface area contributed by atoms with Crippen molar-refractivity contribution >= 4 is 17.3 Å². The Hall–Kier alpha value is -0.930. The number of rotatable bonds is 3. The third-order valence-electron chi connectivity index (χ3n) is 3.31. The molecule has 1 aliphatic rings. The summed E-state index contributed by atoms with van der Waals surface area (Å²) in [4.78, 5) is 2.36. The van der Waals surface area contributed by atoms with Crippen LogP contribution in [-0.4, -0.2) is 31.1 Å². The van der Waals surface area contributed by atoms with Crippen LogP contribution in [0.15, 0.2) is 18.2 Å². The second-order valence-electron chi connectivity index (χ2n) is 4.63. The standard InChI is InChI=1S/C13H19ClN2O/c1-16-7-3-2-4-11(16)9-17-13-6-5-10(15)8-12(13)14/h5-6,8,11H,2-4,7,9,15H2,1H3. The van der Waals surface area contributed by atoms with Crippen LogP contribution < -0.4 is 10.5 Å². The lowest BCUT2D eigenvalue weighted by atomic mass is 10.0. The average molecular weight is 255 g/mol. The monoisotopic (exact) mass is 254 g/mol. The molecule has 0 bridgehead atoms. The predicted molar refractivity (Wildman–Crippen MR) is 71.6 cm³/mol. The molecular weight excluding hydrogens is 236 g/mol. The van der Waals surface area contributed by atoms with Crippen LogP contribution >= 0.6 is 11.6 Å². The van der Waals surface area contributed by atoms with Crippen molar-refractivity contribution in [2.75, 3.05) is 25.9 Å². The first kappa shape index (κ1) is 12.5. The highest BCUT2D eigenvalue weighted by Crippen LogP contribution is 2.27. The molecule has 2 N–H and O–H groups in total. The maximum Gasteiger partial charge on any atom is 0.138 e. The zero-order valence-electron chi connectivity index (χ0n) is 10.2. The van der Waals surface area contributed by atoms with Gasteiger partial charge in [0.2, 0.25) is 0 Å². The topological polar surface area (TPSA) is 38.5 Å². The van der Waals surface area contributed by atoms with Gasteiger partial charge in [0.1, 0.15) is 12.4 Å². The van der Waals surface area contributed by atoms with Gasteiger partial charge in [0, 0.05) is 11.7 Å². The first-order chi connectivity index (χ1) is 8.16. The lowest BCUT2D eigenvalue weighted by Gasteiger charge is -2.32. The Morgan fingerprint density at radius 2 is 2.29 bits per heavy atom. The van der Waals surface area contributed by atoms with E-state index in [1.165, 1.54) is 19.3 Å². The summed E-state index contributed by atoms with van der Waals surface area (Å²) < 4.78 is 5.77. The number of piperidine rings is 1. The quantitative estimate of drug-likeness (QED) is 0.843. The highest BCUT2D eigenvalue weighted by Gasteiger charge is 2.19. The molecule has 2 rings (SSSR count). The number of hydrogen-bond acceptors (Lipinski definition) is 3. The van der Waals surface area contributed by atoms with Crippen LogP contribution in [0.4, 0.5) is 5.69 Å². The van der Waals surface area contributed by atoms with Crippen LogP contribution in [0.5, 0.6) is 5.75 Å². The minimum atomic E-state index is 0.498. The van der Waals surface area contributed by atoms with Gasteiger partial charge in [-0.1, -0.05) is 18.0 Å². The van der Waals surface area contributed by atoms with Crippen LogP contribution in [0, 0.1) is 0 Å². The lowest BCUT2D eigenvalue weighted by molar-refractivity contribution is 0.125. The van der Waals surface area contributed by atoms with Crippen molar-refractivity contribution in [3.8, 4) is 5.75 Å². The first-order valence-corrected chi connectivity index (χ1v) is 6.42. The van der Waals surface area contributed by atoms with Gasteiger partial charge in [-0.15, -0.1) is 0 Å². The fraction of sp³-hybridized carbons (Fsp3) is 0.538. The van der Waals surface area contributed by atoms with Crippen molar-refractivity contribution in [1.82, 2.24) is 4.90 Å². The van der Waals surface area contributed by atoms with E-state index in [1.54, 1.807) is 6.07 Å². The van der Waals surface area contributed by atoms with E-state index in [-0.39, 0.29) is 0 Å². The van der Waals surface area contributed by atoms with Crippen LogP contribution in [0.2, 0.25) is 5.02 Å². The Bertz CT molecular complexity index is 384. The molecule has 1 atom stereocenters. The van der Waals surface area contributed by atoms with Gasteiger partial charge in [-0.05, 0) is 44.6 Å². The van der Waals surface area contributed by atoms with Crippen molar-refractivity contribution in [3.63, 3.8) is 0 Å². The minimum Gasteiger partial charge on any atom is -0.490 e. The van der Waals surface area contributed by atoms with Gasteiger partial charge >= 0.3 is 0 Å². The zero-order valence-corrected chi connectivity index (χ0v) is 10.9. The molecule has 1 aromatic carbocycles. The van der Waals surface area contributed by atoms with Crippen molar-refractivity contribution in [2.24, 2.45) is 0 Å². The van der Waals surface area contributed by atoms with Crippen molar-refractivity contribution in [3.05, 3.63) is 23.2 Å². The number of halogens is 1. The number of likely N-dealkylation sites (tertiary alicyclic amines) is 1. The third-order valence-corrected chi connectivity index (χ3v) is 3.60. The summed E-state index contributed by atoms with van der Waals surface area (Å²) in [5, 5.41) is 0.587. The second kappa shape index (κ2) is 5.61. The van der Waals surface area contributed by atoms with Gasteiger partial charge in [0.25, 0.3) is 0 Å². The van der Waals surface area contributed by atoms with E-state index in [0.717, 1.165) is 12.3 Å². The van der Waals surface area contributed by atoms with E-state index in [2.05, 4.69) is 11.9 Å². The summed E-state index contributed by atoms with van der Waals surface area (Å²) in [6, 6.07) is 5.87. The smallest absolute Gasteiger partial charge is 0.138 e. The van der Waals surface area contributed by atoms with Crippen LogP contribution in [-0.2, 0) is 0 Å². The number of nitrogens with two attached hydrogens (primary N) is 1. The number of nitrogens with zero attached hydrogens (tertiary/aromatic N) is 1. The van der Waals surface area contributed by atoms with Gasteiger partial charge < -0.3 is 15.4 Å². The molecule has 0 saturated carbocycles. The molecule has 1 saturated heterocycles. The number of ether oxygens (including phenoxy) is 1. The number of hydrogen-bond donors (Lipinski definition) is 1. The average Bonchev–Trinajstić information content (AvgIpc) is 2.30. The van der Waals surface area contributed by atoms with Crippen LogP contribution in [0.1, 0.15) is 19.3 Å². The Balaban J connectivity index is 1.92. The fourth-order valence-electron chi connectivity index (χ4n) is 2.17. The molecular formula is C13H19ClN2O. The summed E-state index contributed by atoms with van der Waals surface area (Å²) in [6.07, 6.45) is 3.77. The molecule has 1 fully saturated rings. The summed E-state index contributed by atoms with van der Waals surface area (Å²) >= 11 is 6.06. The van der Waals surface area contributed by atoms with Crippen LogP contribution in [0.25, 0.3) is 0 Å². The first-order valence-electron chi connectivity index (χ1n) is 6.05. The molecule has 0 radical (unpaired) electrons. The van der Waals surface area contributed by atoms with E-state index in [9.17, 15) is 0 Å². The number of nitrogen functional groups attached to an aromatic ring is 1. The number of benzene rings is 1. The fourth-order valence-corrected chi connectivity index (χ4v) is 2.42. The Morgan fingerprint density at radius 3 is 3.00 bits per heavy atom. The Morgan fingerprint density at radius 1 is 1.47 bits per heavy atom. The summed E-state index contributed by atoms with van der Waals surface area (Å²) in [5.41, 5.74) is 6.30. The molecule has 0 aromatic heterocycles. The minimum absolute atomic E-state index is 0.498. The largest absolute Gasteiger partial charge is 0.490 e. The highest BCUT2D eigenvalue weighted by molar-refractivity contribution is 6.32. The molecule has 1 heterocycles. The van der Waals surface area contributed by atoms with E-state index >= 15 is 0 Å². The van der Waals surface area contributed by atoms with Gasteiger partial charge in [0.15, 0.2) is 0 Å². The molecule has 1 aromatic rings. The summed E-state index contributed by atoms with van der Waals surface area (Å²) in [5.74, 6) is 0.722. The second-order valence-corrected chi connectivity index (χ2v) is 5.04. The molecule has 17 heavy (non-hydrogen) atoms. The van der Waals surface area contributed by atoms with Crippen molar-refractivity contribution in [2.45, 2.75) is 25.3 Å². The lowest BCUT2D eigenvalue weighted by Crippen LogP contribution is -2.40. The van der Waals surface area contributed by atoms with Gasteiger partial charge in [-0.25, -0.2) is 0 Å². The van der Waals surface area contributed by atoms with E-state index in [0.29, 0.717) is 23.4 Å². The molecule has 4 heteroatoms. The Labute approximate surface area is 107 Å². The highest BCUT2D eigenvalue weighted by atomic mass is 35.5. The molecule has 3 nitrogen and oxygen atoms in total. The van der Waals surface area contributed by atoms with Gasteiger partial charge in [-0.3, -0.25) is 0 Å². The normalized spacial score (nSPS) is 21.4. The number of anilines is 1. The third kappa shape index (κ3) is 3.27. The maximum absolute atomic E-state index is 6.06. The molecule has 0 spiro atoms. The van der Waals surface area contributed by atoms with Crippen LogP contribution in [0.3, 0.4) is 0 Å². The van der Waals surface area contributed by atoms with E-state index in [1.807, 2.05) is 12.1 Å². The maximum atomic E-state index is 6.06. The summed E-state index contributed by atoms with van der Waals surface area (Å²) in [6.45, 7) is 1.85. The predicted octanol–water partition coefficient (Wildman–Crippen LogP) is 2.79. The molecule has 1 unspecified atom stereocenters. The zero-order chi connectivity index (χ0) is 12.3. The van der Waals surface area contributed by atoms with E-state index in [4.69, 9.17) is 22.1 Å². The van der Waals surface area contributed by atoms with Crippen molar-refractivity contribution < 1.29 is 4.74 Å². The molecule has 0 amide bonds. The molecule has 0 aliphatic carbocycles. The Kier molecular flexibility index (Phi) is 4.13. The molecule has 94 valence electrons.